The highest BCUT2D eigenvalue weighted by Crippen LogP contribution is 2.33. The minimum absolute atomic E-state index is 0.108. The van der Waals surface area contributed by atoms with Crippen molar-refractivity contribution in [3.63, 3.8) is 0 Å². The van der Waals surface area contributed by atoms with Crippen molar-refractivity contribution in [1.82, 2.24) is 19.8 Å². The van der Waals surface area contributed by atoms with Gasteiger partial charge in [0.25, 0.3) is 0 Å². The Morgan fingerprint density at radius 3 is 2.64 bits per heavy atom. The lowest BCUT2D eigenvalue weighted by Gasteiger charge is -2.51. The molecular weight excluding hydrogens is 319 g/mol. The number of halogens is 1. The van der Waals surface area contributed by atoms with Gasteiger partial charge in [0.05, 0.1) is 19.5 Å². The van der Waals surface area contributed by atoms with Gasteiger partial charge in [-0.3, -0.25) is 9.80 Å². The van der Waals surface area contributed by atoms with E-state index in [1.807, 2.05) is 18.3 Å². The van der Waals surface area contributed by atoms with Crippen LogP contribution in [0.1, 0.15) is 24.1 Å². The summed E-state index contributed by atoms with van der Waals surface area (Å²) in [6.07, 6.45) is 5.83. The molecule has 0 unspecified atom stereocenters. The van der Waals surface area contributed by atoms with E-state index in [0.29, 0.717) is 0 Å². The van der Waals surface area contributed by atoms with Crippen LogP contribution in [0, 0.1) is 5.82 Å². The number of benzene rings is 1. The van der Waals surface area contributed by atoms with Crippen molar-refractivity contribution in [3.05, 3.63) is 53.9 Å². The Hall–Kier alpha value is -1.76. The maximum Gasteiger partial charge on any atom is 0.123 e. The zero-order valence-corrected chi connectivity index (χ0v) is 14.5. The molecule has 2 aliphatic rings. The molecule has 1 N–H and O–H groups in total. The first-order chi connectivity index (χ1) is 12.2. The molecule has 0 radical (unpaired) electrons. The van der Waals surface area contributed by atoms with E-state index < -0.39 is 0 Å². The van der Waals surface area contributed by atoms with Gasteiger partial charge in [-0.1, -0.05) is 12.1 Å². The summed E-state index contributed by atoms with van der Waals surface area (Å²) in [5, 5.41) is 0. The number of likely N-dealkylation sites (tertiary alicyclic amines) is 1. The molecule has 134 valence electrons. The van der Waals surface area contributed by atoms with Gasteiger partial charge in [0.2, 0.25) is 0 Å². The molecule has 25 heavy (non-hydrogen) atoms. The molecule has 2 aliphatic heterocycles. The smallest absolute Gasteiger partial charge is 0.123 e. The van der Waals surface area contributed by atoms with Crippen LogP contribution in [0.4, 0.5) is 4.39 Å². The summed E-state index contributed by atoms with van der Waals surface area (Å²) >= 11 is 0. The van der Waals surface area contributed by atoms with Gasteiger partial charge in [-0.25, -0.2) is 9.37 Å². The first-order valence-electron chi connectivity index (χ1n) is 9.00. The topological polar surface area (TPSA) is 44.4 Å². The second-order valence-electron chi connectivity index (χ2n) is 7.18. The van der Waals surface area contributed by atoms with E-state index in [9.17, 15) is 4.39 Å². The van der Waals surface area contributed by atoms with E-state index in [2.05, 4.69) is 19.8 Å². The molecule has 2 saturated heterocycles. The first kappa shape index (κ1) is 16.7. The van der Waals surface area contributed by atoms with E-state index in [4.69, 9.17) is 4.74 Å². The fourth-order valence-corrected chi connectivity index (χ4v) is 4.02. The molecule has 4 rings (SSSR count). The van der Waals surface area contributed by atoms with Crippen LogP contribution in [0.25, 0.3) is 0 Å². The summed E-state index contributed by atoms with van der Waals surface area (Å²) in [5.41, 5.74) is 2.44. The van der Waals surface area contributed by atoms with Crippen LogP contribution < -0.4 is 0 Å². The van der Waals surface area contributed by atoms with Crippen LogP contribution in [-0.2, 0) is 17.8 Å². The number of aromatic amines is 1. The van der Waals surface area contributed by atoms with Gasteiger partial charge >= 0.3 is 0 Å². The molecule has 0 bridgehead atoms. The van der Waals surface area contributed by atoms with Gasteiger partial charge in [-0.2, -0.15) is 0 Å². The lowest BCUT2D eigenvalue weighted by molar-refractivity contribution is -0.0996. The van der Waals surface area contributed by atoms with Crippen molar-refractivity contribution in [2.24, 2.45) is 0 Å². The molecule has 2 fully saturated rings. The molecule has 1 spiro atoms. The number of rotatable bonds is 4. The van der Waals surface area contributed by atoms with Gasteiger partial charge in [0, 0.05) is 50.2 Å². The van der Waals surface area contributed by atoms with Gasteiger partial charge < -0.3 is 9.72 Å². The molecule has 1 aromatic heterocycles. The van der Waals surface area contributed by atoms with Gasteiger partial charge in [-0.05, 0) is 30.5 Å². The fourth-order valence-electron chi connectivity index (χ4n) is 4.02. The predicted octanol–water partition coefficient (Wildman–Crippen LogP) is 2.42. The minimum Gasteiger partial charge on any atom is -0.378 e. The lowest BCUT2D eigenvalue weighted by atomic mass is 9.85. The zero-order chi connectivity index (χ0) is 17.1. The monoisotopic (exact) mass is 344 g/mol. The van der Waals surface area contributed by atoms with Crippen LogP contribution in [0.3, 0.4) is 0 Å². The molecule has 0 saturated carbocycles. The standard InChI is InChI=1S/C19H25FN4O/c20-17-3-1-16(2-4-17)12-24-9-10-25-14-19(24)5-7-23(8-6-19)13-18-11-21-15-22-18/h1-4,11,15H,5-10,12-14H2,(H,21,22). The Morgan fingerprint density at radius 1 is 1.12 bits per heavy atom. The molecule has 0 atom stereocenters. The number of hydrogen-bond donors (Lipinski definition) is 1. The van der Waals surface area contributed by atoms with Crippen molar-refractivity contribution in [1.29, 1.82) is 0 Å². The largest absolute Gasteiger partial charge is 0.378 e. The number of ether oxygens (including phenoxy) is 1. The van der Waals surface area contributed by atoms with Gasteiger partial charge in [-0.15, -0.1) is 0 Å². The van der Waals surface area contributed by atoms with Crippen molar-refractivity contribution in [3.8, 4) is 0 Å². The van der Waals surface area contributed by atoms with Crippen LogP contribution >= 0.6 is 0 Å². The van der Waals surface area contributed by atoms with Crippen LogP contribution in [-0.4, -0.2) is 58.2 Å². The Bertz CT molecular complexity index is 665. The highest BCUT2D eigenvalue weighted by Gasteiger charge is 2.42. The van der Waals surface area contributed by atoms with E-state index in [1.54, 1.807) is 18.5 Å². The summed E-state index contributed by atoms with van der Waals surface area (Å²) in [7, 11) is 0. The molecule has 2 aromatic rings. The molecule has 6 heteroatoms. The Labute approximate surface area is 147 Å². The number of piperidine rings is 1. The Balaban J connectivity index is 1.41. The average Bonchev–Trinajstić information content (AvgIpc) is 3.14. The third kappa shape index (κ3) is 3.76. The van der Waals surface area contributed by atoms with Gasteiger partial charge in [0.1, 0.15) is 5.82 Å². The predicted molar refractivity (Wildman–Crippen MR) is 93.5 cm³/mol. The third-order valence-corrected chi connectivity index (χ3v) is 5.57. The number of H-pyrrole nitrogens is 1. The SMILES string of the molecule is Fc1ccc(CN2CCOCC23CCN(Cc2cnc[nH]2)CC3)cc1. The second-order valence-corrected chi connectivity index (χ2v) is 7.18. The highest BCUT2D eigenvalue weighted by molar-refractivity contribution is 5.17. The zero-order valence-electron chi connectivity index (χ0n) is 14.5. The molecular formula is C19H25FN4O. The molecule has 0 aliphatic carbocycles. The summed E-state index contributed by atoms with van der Waals surface area (Å²) < 4.78 is 19.0. The summed E-state index contributed by atoms with van der Waals surface area (Å²) in [6.45, 7) is 6.43. The van der Waals surface area contributed by atoms with Crippen molar-refractivity contribution in [2.75, 3.05) is 32.8 Å². The van der Waals surface area contributed by atoms with Crippen molar-refractivity contribution >= 4 is 0 Å². The summed E-state index contributed by atoms with van der Waals surface area (Å²) in [4.78, 5) is 12.3. The maximum absolute atomic E-state index is 13.2. The fraction of sp³-hybridized carbons (Fsp3) is 0.526. The van der Waals surface area contributed by atoms with Crippen molar-refractivity contribution in [2.45, 2.75) is 31.5 Å². The molecule has 3 heterocycles. The minimum atomic E-state index is -0.174. The molecule has 5 nitrogen and oxygen atoms in total. The highest BCUT2D eigenvalue weighted by atomic mass is 19.1. The number of aromatic nitrogens is 2. The molecule has 0 amide bonds. The second kappa shape index (κ2) is 7.23. The third-order valence-electron chi connectivity index (χ3n) is 5.57. The number of morpholine rings is 1. The first-order valence-corrected chi connectivity index (χ1v) is 9.00. The Morgan fingerprint density at radius 2 is 1.92 bits per heavy atom. The van der Waals surface area contributed by atoms with E-state index >= 15 is 0 Å². The number of hydrogen-bond acceptors (Lipinski definition) is 4. The maximum atomic E-state index is 13.2. The van der Waals surface area contributed by atoms with Crippen LogP contribution in [0.5, 0.6) is 0 Å². The van der Waals surface area contributed by atoms with E-state index in [0.717, 1.165) is 58.8 Å². The van der Waals surface area contributed by atoms with Crippen LogP contribution in [0.15, 0.2) is 36.8 Å². The van der Waals surface area contributed by atoms with Crippen molar-refractivity contribution < 1.29 is 9.13 Å². The van der Waals surface area contributed by atoms with E-state index in [1.165, 1.54) is 11.3 Å². The van der Waals surface area contributed by atoms with E-state index in [-0.39, 0.29) is 11.4 Å². The summed E-state index contributed by atoms with van der Waals surface area (Å²) in [6, 6.07) is 6.89. The van der Waals surface area contributed by atoms with Crippen LogP contribution in [0.2, 0.25) is 0 Å². The van der Waals surface area contributed by atoms with Gasteiger partial charge in [0.15, 0.2) is 0 Å². The summed E-state index contributed by atoms with van der Waals surface area (Å²) in [5.74, 6) is -0.174. The lowest BCUT2D eigenvalue weighted by Crippen LogP contribution is -2.60. The number of nitrogens with zero attached hydrogens (tertiary/aromatic N) is 3. The number of imidazole rings is 1. The quantitative estimate of drug-likeness (QED) is 0.925. The Kier molecular flexibility index (Phi) is 4.83. The molecule has 1 aromatic carbocycles. The average molecular weight is 344 g/mol. The normalized spacial score (nSPS) is 21.6. The number of nitrogens with one attached hydrogen (secondary N) is 1.